The lowest BCUT2D eigenvalue weighted by Gasteiger charge is -2.36. The maximum Gasteiger partial charge on any atom is 0.345 e. The van der Waals surface area contributed by atoms with Crippen LogP contribution in [0.3, 0.4) is 0 Å². The molecule has 0 saturated heterocycles. The Labute approximate surface area is 164 Å². The normalized spacial score (nSPS) is 19.6. The van der Waals surface area contributed by atoms with Crippen molar-refractivity contribution in [1.82, 2.24) is 0 Å². The van der Waals surface area contributed by atoms with Gasteiger partial charge in [0.25, 0.3) is 0 Å². The van der Waals surface area contributed by atoms with Gasteiger partial charge in [-0.3, -0.25) is 4.89 Å². The van der Waals surface area contributed by atoms with Crippen LogP contribution in [-0.2, 0) is 29.2 Å². The molecule has 5 atom stereocenters. The summed E-state index contributed by atoms with van der Waals surface area (Å²) in [5.74, 6) is -3.64. The predicted molar refractivity (Wildman–Crippen MR) is 102 cm³/mol. The third-order valence-electron chi connectivity index (χ3n) is 5.59. The van der Waals surface area contributed by atoms with E-state index in [0.717, 1.165) is 19.3 Å². The number of carbonyl (C=O) groups is 1. The first-order valence-corrected chi connectivity index (χ1v) is 10.2. The summed E-state index contributed by atoms with van der Waals surface area (Å²) < 4.78 is 0. The van der Waals surface area contributed by atoms with Crippen LogP contribution in [0.4, 0.5) is 0 Å². The van der Waals surface area contributed by atoms with Crippen LogP contribution in [0.25, 0.3) is 0 Å². The van der Waals surface area contributed by atoms with Gasteiger partial charge in [0.1, 0.15) is 0 Å². The molecule has 0 aromatic heterocycles. The lowest BCUT2D eigenvalue weighted by atomic mass is 9.99. The lowest BCUT2D eigenvalue weighted by Crippen LogP contribution is -2.46. The lowest BCUT2D eigenvalue weighted by molar-refractivity contribution is -0.577. The fourth-order valence-corrected chi connectivity index (χ4v) is 2.40. The highest BCUT2D eigenvalue weighted by atomic mass is 17.3. The Morgan fingerprint density at radius 3 is 1.85 bits per heavy atom. The minimum Gasteiger partial charge on any atom is -0.295 e. The maximum atomic E-state index is 12.3. The van der Waals surface area contributed by atoms with Crippen LogP contribution >= 0.6 is 0 Å². The maximum absolute atomic E-state index is 12.3. The Morgan fingerprint density at radius 2 is 1.41 bits per heavy atom. The molecule has 0 saturated carbocycles. The molecule has 1 N–H and O–H groups in total. The fraction of sp³-hybridized carbons (Fsp3) is 0.950. The fourth-order valence-electron chi connectivity index (χ4n) is 2.40. The highest BCUT2D eigenvalue weighted by Crippen LogP contribution is 2.32. The predicted octanol–water partition coefficient (Wildman–Crippen LogP) is 5.64. The monoisotopic (exact) mass is 392 g/mol. The third kappa shape index (κ3) is 8.03. The van der Waals surface area contributed by atoms with Gasteiger partial charge in [-0.2, -0.15) is 9.78 Å². The molecule has 0 aliphatic carbocycles. The zero-order chi connectivity index (χ0) is 21.1. The van der Waals surface area contributed by atoms with Crippen LogP contribution in [0.5, 0.6) is 0 Å². The van der Waals surface area contributed by atoms with Gasteiger partial charge in [0.05, 0.1) is 5.92 Å². The van der Waals surface area contributed by atoms with E-state index in [-0.39, 0.29) is 17.8 Å². The van der Waals surface area contributed by atoms with Crippen molar-refractivity contribution in [2.45, 2.75) is 105 Å². The van der Waals surface area contributed by atoms with Crippen molar-refractivity contribution in [3.05, 3.63) is 0 Å². The van der Waals surface area contributed by atoms with Crippen LogP contribution in [-0.4, -0.2) is 22.8 Å². The average Bonchev–Trinajstić information content (AvgIpc) is 2.69. The summed E-state index contributed by atoms with van der Waals surface area (Å²) in [7, 11) is 0. The molecule has 162 valence electrons. The number of unbranched alkanes of at least 4 members (excludes halogenated alkanes) is 1. The first kappa shape index (κ1) is 26.3. The Hall–Kier alpha value is -0.730. The van der Waals surface area contributed by atoms with E-state index in [1.165, 1.54) is 0 Å². The number of hydrogen-bond donors (Lipinski definition) is 1. The van der Waals surface area contributed by atoms with Crippen molar-refractivity contribution < 1.29 is 34.5 Å². The highest BCUT2D eigenvalue weighted by molar-refractivity contribution is 5.71. The molecular formula is C20H40O7. The Morgan fingerprint density at radius 1 is 0.889 bits per heavy atom. The number of hydrogen-bond acceptors (Lipinski definition) is 7. The molecule has 0 aromatic rings. The quantitative estimate of drug-likeness (QED) is 0.219. The van der Waals surface area contributed by atoms with E-state index in [4.69, 9.17) is 19.6 Å². The number of carbonyl (C=O) groups excluding carboxylic acids is 1. The van der Waals surface area contributed by atoms with Gasteiger partial charge in [0.2, 0.25) is 11.6 Å². The van der Waals surface area contributed by atoms with E-state index in [9.17, 15) is 10.1 Å². The minimum absolute atomic E-state index is 0.148. The molecule has 7 heteroatoms. The second-order valence-corrected chi connectivity index (χ2v) is 7.64. The summed E-state index contributed by atoms with van der Waals surface area (Å²) in [4.78, 5) is 38.3. The van der Waals surface area contributed by atoms with Crippen molar-refractivity contribution in [2.24, 2.45) is 17.8 Å². The van der Waals surface area contributed by atoms with Gasteiger partial charge in [-0.25, -0.2) is 14.9 Å². The first-order chi connectivity index (χ1) is 12.6. The summed E-state index contributed by atoms with van der Waals surface area (Å²) in [6, 6.07) is 0. The summed E-state index contributed by atoms with van der Waals surface area (Å²) in [6.45, 7) is 14.9. The first-order valence-electron chi connectivity index (χ1n) is 10.2. The highest BCUT2D eigenvalue weighted by Gasteiger charge is 2.43. The van der Waals surface area contributed by atoms with Crippen LogP contribution in [0.15, 0.2) is 0 Å². The molecule has 5 unspecified atom stereocenters. The van der Waals surface area contributed by atoms with E-state index < -0.39 is 17.5 Å². The van der Waals surface area contributed by atoms with E-state index in [0.29, 0.717) is 19.3 Å². The molecule has 7 nitrogen and oxygen atoms in total. The van der Waals surface area contributed by atoms with Crippen molar-refractivity contribution in [2.75, 3.05) is 0 Å². The Bertz CT molecular complexity index is 417. The smallest absolute Gasteiger partial charge is 0.295 e. The SMILES string of the molecule is CCCCC(CC)C(=O)OOC(C)(OOC(C)(OO)C(C)CC)C(C)CC. The van der Waals surface area contributed by atoms with E-state index >= 15 is 0 Å². The van der Waals surface area contributed by atoms with Crippen LogP contribution in [0, 0.1) is 17.8 Å². The molecule has 0 rings (SSSR count). The minimum atomic E-state index is -1.37. The van der Waals surface area contributed by atoms with E-state index in [2.05, 4.69) is 11.8 Å². The Balaban J connectivity index is 5.06. The van der Waals surface area contributed by atoms with Gasteiger partial charge in [-0.1, -0.05) is 54.4 Å². The summed E-state index contributed by atoms with van der Waals surface area (Å²) >= 11 is 0. The Kier molecular flexibility index (Phi) is 12.3. The van der Waals surface area contributed by atoms with Gasteiger partial charge < -0.3 is 0 Å². The average molecular weight is 393 g/mol. The molecule has 0 amide bonds. The molecule has 0 aliphatic heterocycles. The largest absolute Gasteiger partial charge is 0.345 e. The van der Waals surface area contributed by atoms with Crippen molar-refractivity contribution in [3.63, 3.8) is 0 Å². The molecular weight excluding hydrogens is 352 g/mol. The topological polar surface area (TPSA) is 83.5 Å². The van der Waals surface area contributed by atoms with Gasteiger partial charge in [0.15, 0.2) is 0 Å². The molecule has 0 spiro atoms. The molecule has 0 fully saturated rings. The standard InChI is InChI=1S/C20H40O7/c1-9-13-14-17(12-4)18(21)23-25-20(8,16(6)11-3)27-26-19(7,24-22)15(5)10-2/h15-17,22H,9-14H2,1-8H3. The summed E-state index contributed by atoms with van der Waals surface area (Å²) in [5.41, 5.74) is 0. The molecule has 0 radical (unpaired) electrons. The van der Waals surface area contributed by atoms with Crippen LogP contribution in [0.1, 0.15) is 93.9 Å². The van der Waals surface area contributed by atoms with E-state index in [1.54, 1.807) is 13.8 Å². The second kappa shape index (κ2) is 12.7. The van der Waals surface area contributed by atoms with Crippen molar-refractivity contribution in [3.8, 4) is 0 Å². The van der Waals surface area contributed by atoms with Crippen molar-refractivity contribution >= 4 is 5.97 Å². The molecule has 0 aromatic carbocycles. The van der Waals surface area contributed by atoms with Gasteiger partial charge in [-0.15, -0.1) is 4.89 Å². The van der Waals surface area contributed by atoms with Crippen LogP contribution < -0.4 is 0 Å². The summed E-state index contributed by atoms with van der Waals surface area (Å²) in [5, 5.41) is 9.25. The molecule has 0 aliphatic rings. The zero-order valence-corrected chi connectivity index (χ0v) is 18.4. The van der Waals surface area contributed by atoms with Crippen LogP contribution in [0.2, 0.25) is 0 Å². The summed E-state index contributed by atoms with van der Waals surface area (Å²) in [6.07, 6.45) is 4.82. The third-order valence-corrected chi connectivity index (χ3v) is 5.59. The molecule has 0 heterocycles. The molecule has 0 bridgehead atoms. The second-order valence-electron chi connectivity index (χ2n) is 7.64. The van der Waals surface area contributed by atoms with Gasteiger partial charge >= 0.3 is 5.97 Å². The van der Waals surface area contributed by atoms with E-state index in [1.807, 2.05) is 34.6 Å². The molecule has 27 heavy (non-hydrogen) atoms. The van der Waals surface area contributed by atoms with Crippen molar-refractivity contribution in [1.29, 1.82) is 0 Å². The zero-order valence-electron chi connectivity index (χ0n) is 18.4. The van der Waals surface area contributed by atoms with Gasteiger partial charge in [0, 0.05) is 11.8 Å². The van der Waals surface area contributed by atoms with Gasteiger partial charge in [-0.05, 0) is 39.5 Å². The number of rotatable bonds is 15.